The molecule has 6 nitrogen and oxygen atoms in total. The lowest BCUT2D eigenvalue weighted by atomic mass is 9.87. The number of ether oxygens (including phenoxy) is 2. The molecule has 5 aromatic rings. The molecular weight excluding hydrogens is 580 g/mol. The van der Waals surface area contributed by atoms with Gasteiger partial charge in [-0.25, -0.2) is 4.98 Å². The quantitative estimate of drug-likeness (QED) is 0.141. The van der Waals surface area contributed by atoms with Crippen molar-refractivity contribution in [3.8, 4) is 0 Å². The predicted octanol–water partition coefficient (Wildman–Crippen LogP) is 9.30. The number of aromatic nitrogens is 4. The van der Waals surface area contributed by atoms with Gasteiger partial charge in [0.05, 0.1) is 24.6 Å². The van der Waals surface area contributed by atoms with Gasteiger partial charge in [0.15, 0.2) is 0 Å². The lowest BCUT2D eigenvalue weighted by molar-refractivity contribution is 0.0953. The van der Waals surface area contributed by atoms with Crippen molar-refractivity contribution in [2.45, 2.75) is 57.7 Å². The minimum absolute atomic E-state index is 0.0478. The Morgan fingerprint density at radius 3 is 1.98 bits per heavy atom. The first-order chi connectivity index (χ1) is 23.0. The summed E-state index contributed by atoms with van der Waals surface area (Å²) in [6.07, 6.45) is 6.82. The van der Waals surface area contributed by atoms with Crippen LogP contribution < -0.4 is 0 Å². The van der Waals surface area contributed by atoms with Crippen LogP contribution in [0.4, 0.5) is 0 Å². The smallest absolute Gasteiger partial charge is 0.0716 e. The summed E-state index contributed by atoms with van der Waals surface area (Å²) < 4.78 is 12.5. The van der Waals surface area contributed by atoms with Gasteiger partial charge < -0.3 is 19.4 Å². The van der Waals surface area contributed by atoms with Crippen molar-refractivity contribution in [2.24, 2.45) is 0 Å². The maximum atomic E-state index is 6.23. The zero-order valence-electron chi connectivity index (χ0n) is 27.2. The van der Waals surface area contributed by atoms with Gasteiger partial charge in [-0.15, -0.1) is 0 Å². The molecule has 0 fully saturated rings. The molecule has 0 spiro atoms. The van der Waals surface area contributed by atoms with E-state index in [0.29, 0.717) is 26.4 Å². The van der Waals surface area contributed by atoms with E-state index in [9.17, 15) is 0 Å². The molecule has 8 bridgehead atoms. The van der Waals surface area contributed by atoms with Crippen LogP contribution in [0, 0.1) is 0 Å². The van der Waals surface area contributed by atoms with Gasteiger partial charge in [-0.2, -0.15) is 0 Å². The highest BCUT2D eigenvalue weighted by Gasteiger charge is 2.28. The predicted molar refractivity (Wildman–Crippen MR) is 191 cm³/mol. The normalized spacial score (nSPS) is 13.8. The third-order valence-corrected chi connectivity index (χ3v) is 9.02. The van der Waals surface area contributed by atoms with Crippen LogP contribution in [0.15, 0.2) is 103 Å². The molecule has 5 heterocycles. The van der Waals surface area contributed by atoms with Gasteiger partial charge in [0.1, 0.15) is 0 Å². The van der Waals surface area contributed by atoms with Crippen molar-refractivity contribution in [1.29, 1.82) is 0 Å². The monoisotopic (exact) mass is 622 g/mol. The number of aromatic amines is 2. The second-order valence-electron chi connectivity index (χ2n) is 13.2. The third kappa shape index (κ3) is 7.62. The van der Waals surface area contributed by atoms with E-state index in [1.165, 1.54) is 16.7 Å². The van der Waals surface area contributed by atoms with Crippen LogP contribution in [0.2, 0.25) is 0 Å². The van der Waals surface area contributed by atoms with Crippen LogP contribution in [0.5, 0.6) is 0 Å². The maximum Gasteiger partial charge on any atom is 0.0716 e. The molecule has 3 aromatic heterocycles. The van der Waals surface area contributed by atoms with E-state index in [1.807, 2.05) is 12.1 Å². The summed E-state index contributed by atoms with van der Waals surface area (Å²) in [5.74, 6) is 0.157. The summed E-state index contributed by atoms with van der Waals surface area (Å²) >= 11 is 0. The minimum atomic E-state index is -0.0478. The Morgan fingerprint density at radius 1 is 0.681 bits per heavy atom. The number of hydrogen-bond donors (Lipinski definition) is 2. The number of benzene rings is 2. The van der Waals surface area contributed by atoms with Crippen LogP contribution in [0.3, 0.4) is 0 Å². The van der Waals surface area contributed by atoms with E-state index in [-0.39, 0.29) is 11.3 Å². The van der Waals surface area contributed by atoms with Gasteiger partial charge in [-0.1, -0.05) is 74.5 Å². The molecule has 0 radical (unpaired) electrons. The Labute approximate surface area is 276 Å². The second-order valence-corrected chi connectivity index (χ2v) is 13.2. The molecule has 0 saturated carbocycles. The zero-order chi connectivity index (χ0) is 32.1. The molecule has 0 atom stereocenters. The Bertz CT molecular complexity index is 1960. The minimum Gasteiger partial charge on any atom is -0.377 e. The highest BCUT2D eigenvalue weighted by Crippen LogP contribution is 2.33. The molecule has 238 valence electrons. The second kappa shape index (κ2) is 13.9. The fourth-order valence-corrected chi connectivity index (χ4v) is 6.53. The first kappa shape index (κ1) is 30.9. The molecule has 0 unspecified atom stereocenters. The van der Waals surface area contributed by atoms with E-state index < -0.39 is 0 Å². The van der Waals surface area contributed by atoms with Crippen LogP contribution >= 0.6 is 0 Å². The number of fused-ring (bicyclic) bond motifs is 8. The number of hydrogen-bond acceptors (Lipinski definition) is 4. The summed E-state index contributed by atoms with van der Waals surface area (Å²) in [6, 6.07) is 35.8. The summed E-state index contributed by atoms with van der Waals surface area (Å²) in [7, 11) is 0. The first-order valence-corrected chi connectivity index (χ1v) is 16.6. The topological polar surface area (TPSA) is 75.8 Å². The van der Waals surface area contributed by atoms with Crippen molar-refractivity contribution < 1.29 is 9.47 Å². The van der Waals surface area contributed by atoms with Crippen LogP contribution in [0.25, 0.3) is 34.2 Å². The van der Waals surface area contributed by atoms with Crippen molar-refractivity contribution in [3.63, 3.8) is 0 Å². The molecule has 6 heteroatoms. The molecular formula is C41H42N4O2. The average molecular weight is 623 g/mol. The van der Waals surface area contributed by atoms with Crippen LogP contribution in [-0.4, -0.2) is 33.1 Å². The SMILES string of the molecule is CC1(C)Cc2cc3ccc([nH]3)c(C(CCOCc3ccccc3)CCOCc3ccccc3)c3nc(cc4ccc(cc1n2)[nH]4)C=C3. The van der Waals surface area contributed by atoms with Crippen molar-refractivity contribution in [1.82, 2.24) is 19.9 Å². The molecule has 0 amide bonds. The van der Waals surface area contributed by atoms with E-state index in [4.69, 9.17) is 19.4 Å². The Balaban J connectivity index is 1.27. The lowest BCUT2D eigenvalue weighted by Gasteiger charge is -2.19. The number of nitrogens with one attached hydrogen (secondary N) is 2. The molecule has 2 aliphatic rings. The number of nitrogens with zero attached hydrogens (tertiary/aromatic N) is 2. The molecule has 2 aliphatic heterocycles. The number of rotatable bonds is 11. The Kier molecular flexibility index (Phi) is 9.14. The van der Waals surface area contributed by atoms with Crippen LogP contribution in [0.1, 0.15) is 72.1 Å². The van der Waals surface area contributed by atoms with E-state index in [0.717, 1.165) is 64.1 Å². The first-order valence-electron chi connectivity index (χ1n) is 16.6. The highest BCUT2D eigenvalue weighted by atomic mass is 16.5. The van der Waals surface area contributed by atoms with E-state index in [1.54, 1.807) is 0 Å². The highest BCUT2D eigenvalue weighted by molar-refractivity contribution is 5.78. The lowest BCUT2D eigenvalue weighted by Crippen LogP contribution is -2.14. The summed E-state index contributed by atoms with van der Waals surface area (Å²) in [5.41, 5.74) is 11.7. The third-order valence-electron chi connectivity index (χ3n) is 9.02. The van der Waals surface area contributed by atoms with E-state index in [2.05, 4.69) is 127 Å². The van der Waals surface area contributed by atoms with Gasteiger partial charge in [0.25, 0.3) is 0 Å². The fourth-order valence-electron chi connectivity index (χ4n) is 6.53. The molecule has 2 N–H and O–H groups in total. The standard InChI is InChI=1S/C41H42N4O2/c1-41(2)26-36-24-34-16-18-38(44-34)40(37-17-15-33(43-37)23-32-13-14-35(42-32)25-39(41)45-36)31(19-21-46-27-29-9-5-3-6-10-29)20-22-47-28-30-11-7-4-8-12-30/h3-18,23-25,31,42,44H,19-22,26-28H2,1-2H3. The fraction of sp³-hybridized carbons (Fsp3) is 0.268. The molecule has 0 aliphatic carbocycles. The summed E-state index contributed by atoms with van der Waals surface area (Å²) in [5, 5.41) is 0. The molecule has 2 aromatic carbocycles. The van der Waals surface area contributed by atoms with Crippen molar-refractivity contribution >= 4 is 34.2 Å². The summed E-state index contributed by atoms with van der Waals surface area (Å²) in [6.45, 7) is 6.98. The molecule has 7 rings (SSSR count). The van der Waals surface area contributed by atoms with Gasteiger partial charge in [-0.3, -0.25) is 4.98 Å². The van der Waals surface area contributed by atoms with Crippen molar-refractivity contribution in [3.05, 3.63) is 143 Å². The largest absolute Gasteiger partial charge is 0.377 e. The van der Waals surface area contributed by atoms with Gasteiger partial charge in [-0.05, 0) is 84.5 Å². The molecule has 0 saturated heterocycles. The average Bonchev–Trinajstić information content (AvgIpc) is 3.88. The summed E-state index contributed by atoms with van der Waals surface area (Å²) in [4.78, 5) is 17.5. The Morgan fingerprint density at radius 2 is 1.30 bits per heavy atom. The molecule has 47 heavy (non-hydrogen) atoms. The van der Waals surface area contributed by atoms with E-state index >= 15 is 0 Å². The van der Waals surface area contributed by atoms with Gasteiger partial charge in [0, 0.05) is 64.1 Å². The Hall–Kier alpha value is -4.78. The maximum absolute atomic E-state index is 6.23. The zero-order valence-corrected chi connectivity index (χ0v) is 27.2. The van der Waals surface area contributed by atoms with Gasteiger partial charge >= 0.3 is 0 Å². The number of H-pyrrole nitrogens is 2. The van der Waals surface area contributed by atoms with Crippen LogP contribution in [-0.2, 0) is 34.5 Å². The van der Waals surface area contributed by atoms with Gasteiger partial charge in [0.2, 0.25) is 0 Å². The van der Waals surface area contributed by atoms with Crippen molar-refractivity contribution in [2.75, 3.05) is 13.2 Å².